The maximum atomic E-state index is 12.2. The third-order valence-electron chi connectivity index (χ3n) is 2.46. The van der Waals surface area contributed by atoms with E-state index in [1.165, 1.54) is 18.3 Å². The number of amides is 1. The number of H-pyrrole nitrogens is 1. The Morgan fingerprint density at radius 3 is 2.90 bits per heavy atom. The Balaban J connectivity index is 2.23. The van der Waals surface area contributed by atoms with Crippen LogP contribution >= 0.6 is 11.6 Å². The fraction of sp³-hybridized carbons (Fsp3) is 0.200. The van der Waals surface area contributed by atoms with E-state index in [4.69, 9.17) is 11.6 Å². The highest BCUT2D eigenvalue weighted by Crippen LogP contribution is 2.20. The van der Waals surface area contributed by atoms with Gasteiger partial charge in [0.1, 0.15) is 23.5 Å². The summed E-state index contributed by atoms with van der Waals surface area (Å²) in [4.78, 5) is 31.1. The molecule has 0 bridgehead atoms. The smallest absolute Gasteiger partial charge is 0.288 e. The van der Waals surface area contributed by atoms with Crippen LogP contribution in [0.1, 0.15) is 16.2 Å². The number of pyridine rings is 1. The number of carbonyl (C=O) groups excluding carboxylic acids is 1. The first kappa shape index (κ1) is 13.9. The van der Waals surface area contributed by atoms with Gasteiger partial charge in [0, 0.05) is 13.1 Å². The van der Waals surface area contributed by atoms with E-state index in [0.29, 0.717) is 5.82 Å². The van der Waals surface area contributed by atoms with Crippen molar-refractivity contribution in [2.75, 3.05) is 7.05 Å². The van der Waals surface area contributed by atoms with Gasteiger partial charge in [0.2, 0.25) is 0 Å². The fourth-order valence-electron chi connectivity index (χ4n) is 1.50. The van der Waals surface area contributed by atoms with Gasteiger partial charge in [-0.3, -0.25) is 20.0 Å². The lowest BCUT2D eigenvalue weighted by molar-refractivity contribution is -0.385. The fourth-order valence-corrected chi connectivity index (χ4v) is 1.68. The minimum atomic E-state index is -0.642. The predicted molar refractivity (Wildman–Crippen MR) is 68.1 cm³/mol. The van der Waals surface area contributed by atoms with Crippen LogP contribution in [0.3, 0.4) is 0 Å². The molecule has 0 unspecified atom stereocenters. The van der Waals surface area contributed by atoms with Crippen molar-refractivity contribution in [3.05, 3.63) is 45.2 Å². The summed E-state index contributed by atoms with van der Waals surface area (Å²) in [5, 5.41) is 16.9. The van der Waals surface area contributed by atoms with Gasteiger partial charge in [-0.1, -0.05) is 11.6 Å². The van der Waals surface area contributed by atoms with E-state index in [1.54, 1.807) is 0 Å². The molecule has 1 amide bonds. The van der Waals surface area contributed by atoms with Gasteiger partial charge in [-0.15, -0.1) is 0 Å². The van der Waals surface area contributed by atoms with Crippen molar-refractivity contribution < 1.29 is 9.72 Å². The zero-order valence-electron chi connectivity index (χ0n) is 10.3. The monoisotopic (exact) mass is 296 g/mol. The number of halogens is 1. The van der Waals surface area contributed by atoms with Crippen molar-refractivity contribution in [2.24, 2.45) is 0 Å². The second kappa shape index (κ2) is 5.61. The van der Waals surface area contributed by atoms with Crippen LogP contribution in [-0.4, -0.2) is 42.9 Å². The number of nitrogens with zero attached hydrogens (tertiary/aromatic N) is 5. The highest BCUT2D eigenvalue weighted by Gasteiger charge is 2.20. The van der Waals surface area contributed by atoms with Gasteiger partial charge in [-0.25, -0.2) is 9.97 Å². The average Bonchev–Trinajstić information content (AvgIpc) is 2.91. The minimum Gasteiger partial charge on any atom is -0.334 e. The summed E-state index contributed by atoms with van der Waals surface area (Å²) in [5.41, 5.74) is -0.339. The normalized spacial score (nSPS) is 10.3. The standard InChI is InChI=1S/C10H9ClN6O3/c1-16(4-8-13-5-14-15-8)10(18)7-2-6(17(19)20)3-12-9(7)11/h2-3,5H,4H2,1H3,(H,13,14,15). The van der Waals surface area contributed by atoms with Crippen molar-refractivity contribution in [3.63, 3.8) is 0 Å². The van der Waals surface area contributed by atoms with Crippen LogP contribution in [0.2, 0.25) is 5.15 Å². The molecule has 0 aliphatic rings. The van der Waals surface area contributed by atoms with Crippen molar-refractivity contribution >= 4 is 23.2 Å². The maximum absolute atomic E-state index is 12.2. The Bertz CT molecular complexity index is 644. The molecule has 2 aromatic heterocycles. The lowest BCUT2D eigenvalue weighted by Gasteiger charge is -2.15. The Morgan fingerprint density at radius 2 is 2.30 bits per heavy atom. The largest absolute Gasteiger partial charge is 0.334 e. The number of aromatic amines is 1. The van der Waals surface area contributed by atoms with Crippen LogP contribution in [0.15, 0.2) is 18.6 Å². The zero-order valence-corrected chi connectivity index (χ0v) is 11.0. The number of aromatic nitrogens is 4. The molecule has 10 heteroatoms. The first-order valence-electron chi connectivity index (χ1n) is 5.38. The molecule has 9 nitrogen and oxygen atoms in total. The molecule has 1 N–H and O–H groups in total. The molecule has 2 rings (SSSR count). The molecule has 0 aromatic carbocycles. The molecule has 0 aliphatic carbocycles. The van der Waals surface area contributed by atoms with E-state index in [1.807, 2.05) is 0 Å². The Labute approximate surface area is 117 Å². The SMILES string of the molecule is CN(Cc1ncn[nH]1)C(=O)c1cc([N+](=O)[O-])cnc1Cl. The number of carbonyl (C=O) groups is 1. The van der Waals surface area contributed by atoms with Gasteiger partial charge >= 0.3 is 0 Å². The zero-order chi connectivity index (χ0) is 14.7. The molecule has 0 saturated carbocycles. The van der Waals surface area contributed by atoms with Gasteiger partial charge in [0.15, 0.2) is 0 Å². The first-order valence-corrected chi connectivity index (χ1v) is 5.76. The lowest BCUT2D eigenvalue weighted by atomic mass is 10.2. The van der Waals surface area contributed by atoms with E-state index in [0.717, 1.165) is 12.3 Å². The number of rotatable bonds is 4. The van der Waals surface area contributed by atoms with E-state index in [9.17, 15) is 14.9 Å². The van der Waals surface area contributed by atoms with Crippen molar-refractivity contribution in [1.29, 1.82) is 0 Å². The van der Waals surface area contributed by atoms with Crippen molar-refractivity contribution in [1.82, 2.24) is 25.1 Å². The molecule has 0 saturated heterocycles. The molecule has 0 atom stereocenters. The molecule has 0 aliphatic heterocycles. The molecule has 0 fully saturated rings. The lowest BCUT2D eigenvalue weighted by Crippen LogP contribution is -2.27. The average molecular weight is 297 g/mol. The summed E-state index contributed by atoms with van der Waals surface area (Å²) in [6.45, 7) is 0.165. The maximum Gasteiger partial charge on any atom is 0.288 e. The Morgan fingerprint density at radius 1 is 1.55 bits per heavy atom. The van der Waals surface area contributed by atoms with Gasteiger partial charge in [-0.2, -0.15) is 5.10 Å². The van der Waals surface area contributed by atoms with Crippen LogP contribution in [0.25, 0.3) is 0 Å². The second-order valence-corrected chi connectivity index (χ2v) is 4.24. The summed E-state index contributed by atoms with van der Waals surface area (Å²) >= 11 is 5.80. The van der Waals surface area contributed by atoms with Crippen LogP contribution in [-0.2, 0) is 6.54 Å². The first-order chi connectivity index (χ1) is 9.49. The Hall–Kier alpha value is -2.55. The summed E-state index contributed by atoms with van der Waals surface area (Å²) in [6.07, 6.45) is 2.31. The molecule has 0 radical (unpaired) electrons. The van der Waals surface area contributed by atoms with Gasteiger partial charge in [-0.05, 0) is 0 Å². The van der Waals surface area contributed by atoms with E-state index in [-0.39, 0.29) is 22.9 Å². The number of nitrogens with one attached hydrogen (secondary N) is 1. The third kappa shape index (κ3) is 2.88. The molecule has 2 aromatic rings. The van der Waals surface area contributed by atoms with Gasteiger partial charge in [0.05, 0.1) is 17.0 Å². The van der Waals surface area contributed by atoms with Crippen LogP contribution in [0.4, 0.5) is 5.69 Å². The number of hydrogen-bond acceptors (Lipinski definition) is 6. The van der Waals surface area contributed by atoms with Crippen LogP contribution in [0, 0.1) is 10.1 Å². The molecule has 20 heavy (non-hydrogen) atoms. The number of hydrogen-bond donors (Lipinski definition) is 1. The van der Waals surface area contributed by atoms with E-state index in [2.05, 4.69) is 20.2 Å². The summed E-state index contributed by atoms with van der Waals surface area (Å²) in [7, 11) is 1.51. The summed E-state index contributed by atoms with van der Waals surface area (Å²) in [5.74, 6) is -0.0158. The third-order valence-corrected chi connectivity index (χ3v) is 2.77. The number of nitro groups is 1. The van der Waals surface area contributed by atoms with Crippen LogP contribution < -0.4 is 0 Å². The molecule has 104 valence electrons. The van der Waals surface area contributed by atoms with Crippen molar-refractivity contribution in [2.45, 2.75) is 6.54 Å². The highest BCUT2D eigenvalue weighted by atomic mass is 35.5. The quantitative estimate of drug-likeness (QED) is 0.511. The van der Waals surface area contributed by atoms with Crippen molar-refractivity contribution in [3.8, 4) is 0 Å². The highest BCUT2D eigenvalue weighted by molar-refractivity contribution is 6.32. The van der Waals surface area contributed by atoms with E-state index < -0.39 is 10.8 Å². The molecule has 2 heterocycles. The summed E-state index contributed by atoms with van der Waals surface area (Å²) < 4.78 is 0. The Kier molecular flexibility index (Phi) is 3.89. The molecular formula is C10H9ClN6O3. The second-order valence-electron chi connectivity index (χ2n) is 3.88. The summed E-state index contributed by atoms with van der Waals surface area (Å²) in [6, 6.07) is 1.09. The van der Waals surface area contributed by atoms with Gasteiger partial charge < -0.3 is 4.90 Å². The van der Waals surface area contributed by atoms with E-state index >= 15 is 0 Å². The molecule has 0 spiro atoms. The topological polar surface area (TPSA) is 118 Å². The molecular weight excluding hydrogens is 288 g/mol. The predicted octanol–water partition coefficient (Wildman–Crippen LogP) is 1.03. The van der Waals surface area contributed by atoms with Gasteiger partial charge in [0.25, 0.3) is 11.6 Å². The van der Waals surface area contributed by atoms with Crippen LogP contribution in [0.5, 0.6) is 0 Å². The minimum absolute atomic E-state index is 0.0390.